The highest BCUT2D eigenvalue weighted by molar-refractivity contribution is 5.20. The third kappa shape index (κ3) is 3.55. The lowest BCUT2D eigenvalue weighted by atomic mass is 9.96. The topological polar surface area (TPSA) is 15.3 Å². The molecule has 1 fully saturated rings. The summed E-state index contributed by atoms with van der Waals surface area (Å²) in [6.07, 6.45) is 0.883. The van der Waals surface area contributed by atoms with Crippen molar-refractivity contribution in [3.63, 3.8) is 0 Å². The summed E-state index contributed by atoms with van der Waals surface area (Å²) < 4.78 is 28.9. The van der Waals surface area contributed by atoms with Crippen LogP contribution >= 0.6 is 0 Å². The number of piperazine rings is 1. The molecule has 4 heteroatoms. The van der Waals surface area contributed by atoms with Gasteiger partial charge in [0.05, 0.1) is 6.54 Å². The summed E-state index contributed by atoms with van der Waals surface area (Å²) in [6.45, 7) is 7.39. The van der Waals surface area contributed by atoms with E-state index < -0.39 is 5.92 Å². The van der Waals surface area contributed by atoms with Crippen molar-refractivity contribution in [3.8, 4) is 0 Å². The van der Waals surface area contributed by atoms with Crippen LogP contribution < -0.4 is 5.32 Å². The van der Waals surface area contributed by atoms with Gasteiger partial charge in [-0.05, 0) is 20.3 Å². The van der Waals surface area contributed by atoms with Crippen LogP contribution in [0, 0.1) is 0 Å². The van der Waals surface area contributed by atoms with Crippen LogP contribution in [0.3, 0.4) is 0 Å². The molecule has 1 unspecified atom stereocenters. The molecule has 1 heterocycles. The van der Waals surface area contributed by atoms with Crippen molar-refractivity contribution in [2.24, 2.45) is 0 Å². The summed E-state index contributed by atoms with van der Waals surface area (Å²) in [7, 11) is 0. The maximum atomic E-state index is 14.4. The molecule has 1 aliphatic rings. The average molecular weight is 282 g/mol. The van der Waals surface area contributed by atoms with Crippen LogP contribution in [0.25, 0.3) is 0 Å². The quantitative estimate of drug-likeness (QED) is 0.912. The lowest BCUT2D eigenvalue weighted by Crippen LogP contribution is -2.62. The lowest BCUT2D eigenvalue weighted by Gasteiger charge is -2.45. The second-order valence-corrected chi connectivity index (χ2v) is 6.30. The molecule has 0 aromatic heterocycles. The van der Waals surface area contributed by atoms with Crippen molar-refractivity contribution in [1.29, 1.82) is 0 Å². The highest BCUT2D eigenvalue weighted by atomic mass is 19.3. The molecule has 2 nitrogen and oxygen atoms in total. The molecular formula is C16H24F2N2. The Morgan fingerprint density at radius 1 is 1.30 bits per heavy atom. The number of alkyl halides is 2. The first-order valence-corrected chi connectivity index (χ1v) is 7.26. The number of nitrogens with one attached hydrogen (secondary N) is 1. The maximum Gasteiger partial charge on any atom is 0.285 e. The van der Waals surface area contributed by atoms with Gasteiger partial charge in [0.1, 0.15) is 0 Å². The summed E-state index contributed by atoms with van der Waals surface area (Å²) in [5.74, 6) is -2.80. The second-order valence-electron chi connectivity index (χ2n) is 6.30. The van der Waals surface area contributed by atoms with E-state index in [1.807, 2.05) is 4.90 Å². The summed E-state index contributed by atoms with van der Waals surface area (Å²) in [6, 6.07) is 8.30. The highest BCUT2D eigenvalue weighted by Gasteiger charge is 2.39. The van der Waals surface area contributed by atoms with Crippen LogP contribution in [0.1, 0.15) is 32.8 Å². The van der Waals surface area contributed by atoms with Gasteiger partial charge in [0.2, 0.25) is 0 Å². The fourth-order valence-electron chi connectivity index (χ4n) is 2.83. The molecule has 0 aliphatic carbocycles. The van der Waals surface area contributed by atoms with Crippen LogP contribution in [0.5, 0.6) is 0 Å². The molecule has 0 radical (unpaired) electrons. The second kappa shape index (κ2) is 5.78. The molecular weight excluding hydrogens is 258 g/mol. The first kappa shape index (κ1) is 15.4. The van der Waals surface area contributed by atoms with E-state index in [0.717, 1.165) is 13.0 Å². The zero-order valence-electron chi connectivity index (χ0n) is 12.5. The molecule has 1 aromatic rings. The van der Waals surface area contributed by atoms with Crippen LogP contribution in [0.2, 0.25) is 0 Å². The number of benzene rings is 1. The number of halogens is 2. The molecule has 0 amide bonds. The molecule has 1 N–H and O–H groups in total. The largest absolute Gasteiger partial charge is 0.309 e. The van der Waals surface area contributed by atoms with Crippen LogP contribution in [-0.4, -0.2) is 36.1 Å². The Hall–Kier alpha value is -1.00. The molecule has 2 rings (SSSR count). The van der Waals surface area contributed by atoms with Crippen molar-refractivity contribution in [2.45, 2.75) is 44.7 Å². The molecule has 1 atom stereocenters. The summed E-state index contributed by atoms with van der Waals surface area (Å²) in [5, 5.41) is 3.43. The minimum atomic E-state index is -2.80. The van der Waals surface area contributed by atoms with Crippen molar-refractivity contribution >= 4 is 0 Å². The van der Waals surface area contributed by atoms with Gasteiger partial charge in [-0.15, -0.1) is 0 Å². The molecule has 0 saturated carbocycles. The SMILES string of the molecule is CCC1CNC(C)(C)CN1CC(F)(F)c1ccccc1. The molecule has 1 saturated heterocycles. The predicted molar refractivity (Wildman–Crippen MR) is 78.1 cm³/mol. The van der Waals surface area contributed by atoms with Crippen LogP contribution in [-0.2, 0) is 5.92 Å². The van der Waals surface area contributed by atoms with Gasteiger partial charge in [0.25, 0.3) is 5.92 Å². The fraction of sp³-hybridized carbons (Fsp3) is 0.625. The van der Waals surface area contributed by atoms with Crippen molar-refractivity contribution in [1.82, 2.24) is 10.2 Å². The van der Waals surface area contributed by atoms with Gasteiger partial charge in [-0.3, -0.25) is 4.90 Å². The molecule has 0 spiro atoms. The Morgan fingerprint density at radius 3 is 2.55 bits per heavy atom. The number of nitrogens with zero attached hydrogens (tertiary/aromatic N) is 1. The van der Waals surface area contributed by atoms with E-state index in [0.29, 0.717) is 6.54 Å². The number of hydrogen-bond donors (Lipinski definition) is 1. The summed E-state index contributed by atoms with van der Waals surface area (Å²) >= 11 is 0. The van der Waals surface area contributed by atoms with E-state index in [-0.39, 0.29) is 23.7 Å². The van der Waals surface area contributed by atoms with Gasteiger partial charge in [-0.1, -0.05) is 37.3 Å². The van der Waals surface area contributed by atoms with E-state index in [1.165, 1.54) is 12.1 Å². The average Bonchev–Trinajstić information content (AvgIpc) is 2.39. The highest BCUT2D eigenvalue weighted by Crippen LogP contribution is 2.31. The van der Waals surface area contributed by atoms with Crippen LogP contribution in [0.4, 0.5) is 8.78 Å². The normalized spacial score (nSPS) is 23.8. The predicted octanol–water partition coefficient (Wildman–Crippen LogP) is 3.24. The minimum absolute atomic E-state index is 0.103. The van der Waals surface area contributed by atoms with E-state index >= 15 is 0 Å². The van der Waals surface area contributed by atoms with Gasteiger partial charge in [0, 0.05) is 30.2 Å². The third-order valence-electron chi connectivity index (χ3n) is 4.00. The van der Waals surface area contributed by atoms with Crippen molar-refractivity contribution in [2.75, 3.05) is 19.6 Å². The standard InChI is InChI=1S/C16H24F2N2/c1-4-14-10-19-15(2,3)11-20(14)12-16(17,18)13-8-6-5-7-9-13/h5-9,14,19H,4,10-12H2,1-3H3. The first-order chi connectivity index (χ1) is 9.34. The zero-order valence-corrected chi connectivity index (χ0v) is 12.5. The Balaban J connectivity index is 2.13. The molecule has 1 aliphatic heterocycles. The van der Waals surface area contributed by atoms with E-state index in [4.69, 9.17) is 0 Å². The third-order valence-corrected chi connectivity index (χ3v) is 4.00. The van der Waals surface area contributed by atoms with Crippen LogP contribution in [0.15, 0.2) is 30.3 Å². The maximum absolute atomic E-state index is 14.4. The number of hydrogen-bond acceptors (Lipinski definition) is 2. The lowest BCUT2D eigenvalue weighted by molar-refractivity contribution is -0.0620. The fourth-order valence-corrected chi connectivity index (χ4v) is 2.83. The van der Waals surface area contributed by atoms with Gasteiger partial charge >= 0.3 is 0 Å². The van der Waals surface area contributed by atoms with E-state index in [1.54, 1.807) is 18.2 Å². The monoisotopic (exact) mass is 282 g/mol. The smallest absolute Gasteiger partial charge is 0.285 e. The van der Waals surface area contributed by atoms with Gasteiger partial charge in [-0.2, -0.15) is 8.78 Å². The van der Waals surface area contributed by atoms with E-state index in [2.05, 4.69) is 26.1 Å². The molecule has 1 aromatic carbocycles. The Bertz CT molecular complexity index is 431. The summed E-state index contributed by atoms with van der Waals surface area (Å²) in [5.41, 5.74) is -0.00971. The van der Waals surface area contributed by atoms with Gasteiger partial charge in [0.15, 0.2) is 0 Å². The number of rotatable bonds is 4. The summed E-state index contributed by atoms with van der Waals surface area (Å²) in [4.78, 5) is 1.93. The molecule has 0 bridgehead atoms. The minimum Gasteiger partial charge on any atom is -0.309 e. The van der Waals surface area contributed by atoms with Crippen molar-refractivity contribution in [3.05, 3.63) is 35.9 Å². The molecule has 20 heavy (non-hydrogen) atoms. The zero-order chi connectivity index (χ0) is 14.8. The Morgan fingerprint density at radius 2 is 1.95 bits per heavy atom. The van der Waals surface area contributed by atoms with Gasteiger partial charge < -0.3 is 5.32 Å². The van der Waals surface area contributed by atoms with Crippen molar-refractivity contribution < 1.29 is 8.78 Å². The Kier molecular flexibility index (Phi) is 4.45. The first-order valence-electron chi connectivity index (χ1n) is 7.26. The van der Waals surface area contributed by atoms with Gasteiger partial charge in [-0.25, -0.2) is 0 Å². The van der Waals surface area contributed by atoms with E-state index in [9.17, 15) is 8.78 Å². The molecule has 112 valence electrons. The Labute approximate surface area is 120 Å².